The van der Waals surface area contributed by atoms with E-state index in [1.807, 2.05) is 20.8 Å². The molecule has 1 amide bonds. The average molecular weight is 352 g/mol. The molecule has 0 spiro atoms. The fraction of sp³-hybridized carbons (Fsp3) is 0.632. The largest absolute Gasteiger partial charge is 0.494 e. The number of amides is 1. The minimum absolute atomic E-state index is 0.197. The van der Waals surface area contributed by atoms with Crippen LogP contribution in [0.1, 0.15) is 46.5 Å². The van der Waals surface area contributed by atoms with E-state index in [1.54, 1.807) is 6.07 Å². The topological polar surface area (TPSA) is 59.6 Å². The number of halogens is 1. The Bertz CT molecular complexity index is 587. The molecule has 1 aromatic carbocycles. The van der Waals surface area contributed by atoms with Crippen molar-refractivity contribution in [2.24, 2.45) is 5.92 Å². The van der Waals surface area contributed by atoms with Gasteiger partial charge in [-0.2, -0.15) is 0 Å². The van der Waals surface area contributed by atoms with Crippen LogP contribution in [0.25, 0.3) is 0 Å². The summed E-state index contributed by atoms with van der Waals surface area (Å²) in [6.45, 7) is 6.09. The summed E-state index contributed by atoms with van der Waals surface area (Å²) in [6, 6.07) is 4.69. The lowest BCUT2D eigenvalue weighted by Gasteiger charge is -2.33. The van der Waals surface area contributed by atoms with Crippen LogP contribution >= 0.6 is 0 Å². The lowest BCUT2D eigenvalue weighted by molar-refractivity contribution is 0.0514. The molecule has 5 nitrogen and oxygen atoms in total. The maximum atomic E-state index is 13.4. The van der Waals surface area contributed by atoms with Crippen LogP contribution in [0, 0.1) is 11.7 Å². The molecule has 1 aliphatic carbocycles. The van der Waals surface area contributed by atoms with E-state index in [9.17, 15) is 9.18 Å². The molecule has 2 atom stereocenters. The quantitative estimate of drug-likeness (QED) is 0.828. The Balaban J connectivity index is 1.97. The molecule has 2 N–H and O–H groups in total. The van der Waals surface area contributed by atoms with Gasteiger partial charge in [0.1, 0.15) is 17.2 Å². The number of alkyl carbamates (subject to hydrolysis) is 1. The van der Waals surface area contributed by atoms with Crippen LogP contribution < -0.4 is 15.4 Å². The summed E-state index contributed by atoms with van der Waals surface area (Å²) in [5.74, 6) is 0.453. The van der Waals surface area contributed by atoms with E-state index < -0.39 is 11.7 Å². The van der Waals surface area contributed by atoms with E-state index in [1.165, 1.54) is 19.2 Å². The van der Waals surface area contributed by atoms with E-state index in [4.69, 9.17) is 9.47 Å². The van der Waals surface area contributed by atoms with Crippen LogP contribution in [0.2, 0.25) is 0 Å². The van der Waals surface area contributed by atoms with E-state index in [0.29, 0.717) is 12.3 Å². The number of nitrogens with one attached hydrogen (secondary N) is 2. The summed E-state index contributed by atoms with van der Waals surface area (Å²) >= 11 is 0. The van der Waals surface area contributed by atoms with Crippen LogP contribution in [-0.2, 0) is 4.74 Å². The van der Waals surface area contributed by atoms with Crippen molar-refractivity contribution < 1.29 is 18.7 Å². The molecule has 0 aliphatic heterocycles. The summed E-state index contributed by atoms with van der Waals surface area (Å²) in [7, 11) is 1.53. The van der Waals surface area contributed by atoms with Crippen molar-refractivity contribution >= 4 is 11.8 Å². The molecular weight excluding hydrogens is 323 g/mol. The smallest absolute Gasteiger partial charge is 0.407 e. The van der Waals surface area contributed by atoms with Crippen LogP contribution in [0.3, 0.4) is 0 Å². The SMILES string of the molecule is COc1cc(F)ccc1NC1CCCCC1CNC(=O)OC(C)(C)C. The van der Waals surface area contributed by atoms with Gasteiger partial charge < -0.3 is 20.1 Å². The standard InChI is InChI=1S/C19H29FN2O3/c1-19(2,3)25-18(23)21-12-13-7-5-6-8-15(13)22-16-10-9-14(20)11-17(16)24-4/h9-11,13,15,22H,5-8,12H2,1-4H3,(H,21,23). The second-order valence-electron chi connectivity index (χ2n) is 7.52. The van der Waals surface area contributed by atoms with E-state index in [0.717, 1.165) is 31.4 Å². The number of anilines is 1. The molecule has 25 heavy (non-hydrogen) atoms. The lowest BCUT2D eigenvalue weighted by atomic mass is 9.84. The second kappa shape index (κ2) is 8.41. The predicted octanol–water partition coefficient (Wildman–Crippen LogP) is 4.33. The minimum Gasteiger partial charge on any atom is -0.494 e. The van der Waals surface area contributed by atoms with Gasteiger partial charge in [-0.3, -0.25) is 0 Å². The molecule has 2 unspecified atom stereocenters. The Morgan fingerprint density at radius 2 is 2.00 bits per heavy atom. The highest BCUT2D eigenvalue weighted by Gasteiger charge is 2.27. The molecule has 1 aliphatic rings. The van der Waals surface area contributed by atoms with Crippen LogP contribution in [0.15, 0.2) is 18.2 Å². The first-order valence-corrected chi connectivity index (χ1v) is 8.85. The van der Waals surface area contributed by atoms with Crippen LogP contribution in [0.4, 0.5) is 14.9 Å². The molecule has 140 valence electrons. The number of hydrogen-bond donors (Lipinski definition) is 2. The summed E-state index contributed by atoms with van der Waals surface area (Å²) in [6.07, 6.45) is 3.90. The Kier molecular flexibility index (Phi) is 6.51. The normalized spacial score (nSPS) is 20.7. The third-order valence-corrected chi connectivity index (χ3v) is 4.32. The van der Waals surface area contributed by atoms with Gasteiger partial charge in [0.15, 0.2) is 0 Å². The Morgan fingerprint density at radius 1 is 1.28 bits per heavy atom. The van der Waals surface area contributed by atoms with Crippen molar-refractivity contribution in [3.8, 4) is 5.75 Å². The van der Waals surface area contributed by atoms with Crippen molar-refractivity contribution in [1.82, 2.24) is 5.32 Å². The molecule has 1 aromatic rings. The van der Waals surface area contributed by atoms with Crippen molar-refractivity contribution in [1.29, 1.82) is 0 Å². The first-order valence-electron chi connectivity index (χ1n) is 8.85. The summed E-state index contributed by atoms with van der Waals surface area (Å²) < 4.78 is 23.9. The molecule has 0 bridgehead atoms. The second-order valence-corrected chi connectivity index (χ2v) is 7.52. The Labute approximate surface area is 149 Å². The summed E-state index contributed by atoms with van der Waals surface area (Å²) in [5.41, 5.74) is 0.272. The number of carbonyl (C=O) groups excluding carboxylic acids is 1. The van der Waals surface area contributed by atoms with Crippen LogP contribution in [-0.4, -0.2) is 31.4 Å². The van der Waals surface area contributed by atoms with Crippen molar-refractivity contribution in [3.05, 3.63) is 24.0 Å². The van der Waals surface area contributed by atoms with Gasteiger partial charge in [0, 0.05) is 18.7 Å². The van der Waals surface area contributed by atoms with Crippen molar-refractivity contribution in [2.45, 2.75) is 58.1 Å². The minimum atomic E-state index is -0.504. The third kappa shape index (κ3) is 6.11. The third-order valence-electron chi connectivity index (χ3n) is 4.32. The van der Waals surface area contributed by atoms with Gasteiger partial charge in [-0.05, 0) is 51.7 Å². The fourth-order valence-electron chi connectivity index (χ4n) is 3.15. The van der Waals surface area contributed by atoms with E-state index in [-0.39, 0.29) is 17.8 Å². The van der Waals surface area contributed by atoms with Crippen LogP contribution in [0.5, 0.6) is 5.75 Å². The molecular formula is C19H29FN2O3. The molecule has 6 heteroatoms. The van der Waals surface area contributed by atoms with Gasteiger partial charge in [0.05, 0.1) is 12.8 Å². The van der Waals surface area contributed by atoms with Gasteiger partial charge in [0.2, 0.25) is 0 Å². The molecule has 0 radical (unpaired) electrons. The highest BCUT2D eigenvalue weighted by atomic mass is 19.1. The van der Waals surface area contributed by atoms with Gasteiger partial charge in [-0.15, -0.1) is 0 Å². The number of ether oxygens (including phenoxy) is 2. The molecule has 0 saturated heterocycles. The van der Waals surface area contributed by atoms with Gasteiger partial charge in [-0.1, -0.05) is 12.8 Å². The summed E-state index contributed by atoms with van der Waals surface area (Å²) in [5, 5.41) is 6.34. The highest BCUT2D eigenvalue weighted by Crippen LogP contribution is 2.31. The highest BCUT2D eigenvalue weighted by molar-refractivity contribution is 5.67. The number of hydrogen-bond acceptors (Lipinski definition) is 4. The monoisotopic (exact) mass is 352 g/mol. The molecule has 0 aromatic heterocycles. The zero-order valence-corrected chi connectivity index (χ0v) is 15.5. The molecule has 0 heterocycles. The first-order chi connectivity index (χ1) is 11.8. The maximum absolute atomic E-state index is 13.4. The van der Waals surface area contributed by atoms with E-state index in [2.05, 4.69) is 10.6 Å². The number of carbonyl (C=O) groups is 1. The lowest BCUT2D eigenvalue weighted by Crippen LogP contribution is -2.42. The average Bonchev–Trinajstić information content (AvgIpc) is 2.54. The molecule has 1 saturated carbocycles. The molecule has 1 fully saturated rings. The predicted molar refractivity (Wildman–Crippen MR) is 96.6 cm³/mol. The van der Waals surface area contributed by atoms with Crippen molar-refractivity contribution in [2.75, 3.05) is 19.0 Å². The number of methoxy groups -OCH3 is 1. The first kappa shape index (κ1) is 19.3. The molecule has 2 rings (SSSR count). The zero-order valence-electron chi connectivity index (χ0n) is 15.5. The number of rotatable bonds is 5. The summed E-state index contributed by atoms with van der Waals surface area (Å²) in [4.78, 5) is 11.9. The number of benzene rings is 1. The van der Waals surface area contributed by atoms with Gasteiger partial charge in [0.25, 0.3) is 0 Å². The Morgan fingerprint density at radius 3 is 2.68 bits per heavy atom. The van der Waals surface area contributed by atoms with E-state index >= 15 is 0 Å². The van der Waals surface area contributed by atoms with Gasteiger partial charge in [-0.25, -0.2) is 9.18 Å². The Hall–Kier alpha value is -1.98. The fourth-order valence-corrected chi connectivity index (χ4v) is 3.15. The van der Waals surface area contributed by atoms with Crippen molar-refractivity contribution in [3.63, 3.8) is 0 Å². The maximum Gasteiger partial charge on any atom is 0.407 e. The van der Waals surface area contributed by atoms with Gasteiger partial charge >= 0.3 is 6.09 Å². The zero-order chi connectivity index (χ0) is 18.4.